The second-order valence-corrected chi connectivity index (χ2v) is 7.70. The van der Waals surface area contributed by atoms with Crippen molar-refractivity contribution in [2.75, 3.05) is 20.1 Å². The number of benzene rings is 2. The van der Waals surface area contributed by atoms with E-state index in [0.717, 1.165) is 5.56 Å². The Morgan fingerprint density at radius 1 is 1.11 bits per heavy atom. The van der Waals surface area contributed by atoms with Gasteiger partial charge in [0.2, 0.25) is 10.0 Å². The number of aliphatic imine (C=N–C) groups is 1. The van der Waals surface area contributed by atoms with E-state index in [-0.39, 0.29) is 34.7 Å². The van der Waals surface area contributed by atoms with Gasteiger partial charge in [0.1, 0.15) is 5.82 Å². The molecule has 9 heteroatoms. The summed E-state index contributed by atoms with van der Waals surface area (Å²) in [7, 11) is -2.11. The Morgan fingerprint density at radius 2 is 1.86 bits per heavy atom. The average molecular weight is 520 g/mol. The highest BCUT2D eigenvalue weighted by Gasteiger charge is 2.11. The molecule has 0 heterocycles. The summed E-state index contributed by atoms with van der Waals surface area (Å²) in [4.78, 5) is 4.68. The number of hydrogen-bond donors (Lipinski definition) is 3. The summed E-state index contributed by atoms with van der Waals surface area (Å²) in [6, 6.07) is 13.3. The third-order valence-electron chi connectivity index (χ3n) is 3.89. The van der Waals surface area contributed by atoms with Gasteiger partial charge >= 0.3 is 0 Å². The van der Waals surface area contributed by atoms with E-state index in [2.05, 4.69) is 20.3 Å². The molecule has 0 fully saturated rings. The summed E-state index contributed by atoms with van der Waals surface area (Å²) in [5.41, 5.74) is 1.42. The van der Waals surface area contributed by atoms with Crippen molar-refractivity contribution in [1.29, 1.82) is 0 Å². The van der Waals surface area contributed by atoms with E-state index in [1.807, 2.05) is 19.1 Å². The molecule has 154 valence electrons. The Balaban J connectivity index is 0.00000392. The quantitative estimate of drug-likeness (QED) is 0.284. The smallest absolute Gasteiger partial charge is 0.240 e. The van der Waals surface area contributed by atoms with Gasteiger partial charge in [-0.15, -0.1) is 24.0 Å². The van der Waals surface area contributed by atoms with Crippen LogP contribution in [0.1, 0.15) is 18.1 Å². The molecule has 0 aliphatic rings. The molecule has 0 spiro atoms. The predicted octanol–water partition coefficient (Wildman–Crippen LogP) is 2.65. The van der Waals surface area contributed by atoms with E-state index in [1.54, 1.807) is 24.3 Å². The van der Waals surface area contributed by atoms with Crippen molar-refractivity contribution in [3.8, 4) is 0 Å². The first-order valence-corrected chi connectivity index (χ1v) is 10.2. The zero-order valence-corrected chi connectivity index (χ0v) is 19.1. The second kappa shape index (κ2) is 12.0. The highest BCUT2D eigenvalue weighted by molar-refractivity contribution is 14.0. The Kier molecular flexibility index (Phi) is 10.4. The van der Waals surface area contributed by atoms with Crippen LogP contribution in [0.2, 0.25) is 0 Å². The van der Waals surface area contributed by atoms with E-state index in [1.165, 1.54) is 19.2 Å². The zero-order valence-electron chi connectivity index (χ0n) is 15.9. The molecule has 3 N–H and O–H groups in total. The van der Waals surface area contributed by atoms with E-state index in [9.17, 15) is 12.8 Å². The molecule has 2 rings (SSSR count). The number of guanidine groups is 1. The molecular weight excluding hydrogens is 494 g/mol. The number of sulfonamides is 1. The normalized spacial score (nSPS) is 11.6. The average Bonchev–Trinajstić information content (AvgIpc) is 2.68. The molecule has 0 amide bonds. The SMILES string of the molecule is CCNC(=NCc1cccc(S(=O)(=O)NC)c1)NCCc1ccccc1F.I. The minimum absolute atomic E-state index is 0. The Labute approximate surface area is 183 Å². The summed E-state index contributed by atoms with van der Waals surface area (Å²) in [6.07, 6.45) is 0.535. The van der Waals surface area contributed by atoms with Crippen LogP contribution in [0.25, 0.3) is 0 Å². The topological polar surface area (TPSA) is 82.6 Å². The van der Waals surface area contributed by atoms with E-state index in [0.29, 0.717) is 37.6 Å². The van der Waals surface area contributed by atoms with Gasteiger partial charge in [-0.25, -0.2) is 22.5 Å². The maximum Gasteiger partial charge on any atom is 0.240 e. The third-order valence-corrected chi connectivity index (χ3v) is 5.30. The summed E-state index contributed by atoms with van der Waals surface area (Å²) < 4.78 is 39.8. The van der Waals surface area contributed by atoms with Crippen molar-refractivity contribution in [3.63, 3.8) is 0 Å². The van der Waals surface area contributed by atoms with Crippen LogP contribution in [0.5, 0.6) is 0 Å². The van der Waals surface area contributed by atoms with Crippen LogP contribution in [0.3, 0.4) is 0 Å². The van der Waals surface area contributed by atoms with Crippen molar-refractivity contribution in [2.45, 2.75) is 24.8 Å². The molecule has 0 saturated heterocycles. The fraction of sp³-hybridized carbons (Fsp3) is 0.316. The molecular formula is C19H26FIN4O2S. The molecule has 0 aromatic heterocycles. The zero-order chi connectivity index (χ0) is 19.7. The van der Waals surface area contributed by atoms with Crippen molar-refractivity contribution >= 4 is 40.0 Å². The van der Waals surface area contributed by atoms with Crippen LogP contribution in [-0.2, 0) is 23.0 Å². The summed E-state index contributed by atoms with van der Waals surface area (Å²) in [5, 5.41) is 6.29. The van der Waals surface area contributed by atoms with Crippen molar-refractivity contribution in [2.24, 2.45) is 4.99 Å². The lowest BCUT2D eigenvalue weighted by Gasteiger charge is -2.12. The molecule has 0 saturated carbocycles. The monoisotopic (exact) mass is 520 g/mol. The predicted molar refractivity (Wildman–Crippen MR) is 121 cm³/mol. The Bertz CT molecular complexity index is 891. The van der Waals surface area contributed by atoms with Crippen LogP contribution in [0, 0.1) is 5.82 Å². The van der Waals surface area contributed by atoms with Gasteiger partial charge in [-0.05, 0) is 49.7 Å². The van der Waals surface area contributed by atoms with Gasteiger partial charge in [0.05, 0.1) is 11.4 Å². The van der Waals surface area contributed by atoms with Crippen molar-refractivity contribution in [1.82, 2.24) is 15.4 Å². The molecule has 2 aromatic carbocycles. The summed E-state index contributed by atoms with van der Waals surface area (Å²) in [6.45, 7) is 3.48. The standard InChI is InChI=1S/C19H25FN4O2S.HI/c1-3-22-19(23-12-11-16-8-4-5-10-18(16)20)24-14-15-7-6-9-17(13-15)27(25,26)21-2;/h4-10,13,21H,3,11-12,14H2,1-2H3,(H2,22,23,24);1H. The van der Waals surface area contributed by atoms with Crippen molar-refractivity contribution in [3.05, 3.63) is 65.5 Å². The summed E-state index contributed by atoms with van der Waals surface area (Å²) in [5.74, 6) is 0.375. The van der Waals surface area contributed by atoms with Gasteiger partial charge in [0.15, 0.2) is 5.96 Å². The molecule has 0 radical (unpaired) electrons. The highest BCUT2D eigenvalue weighted by Crippen LogP contribution is 2.12. The Hall–Kier alpha value is -1.72. The van der Waals surface area contributed by atoms with E-state index < -0.39 is 10.0 Å². The van der Waals surface area contributed by atoms with Gasteiger partial charge < -0.3 is 10.6 Å². The second-order valence-electron chi connectivity index (χ2n) is 5.82. The fourth-order valence-electron chi connectivity index (χ4n) is 2.46. The maximum absolute atomic E-state index is 13.7. The number of nitrogens with zero attached hydrogens (tertiary/aromatic N) is 1. The minimum atomic E-state index is -3.48. The molecule has 6 nitrogen and oxygen atoms in total. The van der Waals surface area contributed by atoms with Gasteiger partial charge in [0, 0.05) is 13.1 Å². The maximum atomic E-state index is 13.7. The fourth-order valence-corrected chi connectivity index (χ4v) is 3.26. The lowest BCUT2D eigenvalue weighted by molar-refractivity contribution is 0.588. The van der Waals surface area contributed by atoms with Crippen LogP contribution >= 0.6 is 24.0 Å². The van der Waals surface area contributed by atoms with Crippen LogP contribution in [0.4, 0.5) is 4.39 Å². The van der Waals surface area contributed by atoms with E-state index >= 15 is 0 Å². The van der Waals surface area contributed by atoms with Gasteiger partial charge in [-0.3, -0.25) is 0 Å². The molecule has 0 unspecified atom stereocenters. The third kappa shape index (κ3) is 7.36. The first-order valence-electron chi connectivity index (χ1n) is 8.74. The lowest BCUT2D eigenvalue weighted by atomic mass is 10.1. The molecule has 0 bridgehead atoms. The number of nitrogens with one attached hydrogen (secondary N) is 3. The minimum Gasteiger partial charge on any atom is -0.357 e. The first kappa shape index (κ1) is 24.3. The number of hydrogen-bond acceptors (Lipinski definition) is 3. The van der Waals surface area contributed by atoms with E-state index in [4.69, 9.17) is 0 Å². The van der Waals surface area contributed by atoms with Crippen LogP contribution < -0.4 is 15.4 Å². The molecule has 0 aliphatic carbocycles. The largest absolute Gasteiger partial charge is 0.357 e. The molecule has 0 aliphatic heterocycles. The summed E-state index contributed by atoms with van der Waals surface area (Å²) >= 11 is 0. The van der Waals surface area contributed by atoms with Crippen LogP contribution in [-0.4, -0.2) is 34.5 Å². The van der Waals surface area contributed by atoms with Gasteiger partial charge in [-0.2, -0.15) is 0 Å². The van der Waals surface area contributed by atoms with Gasteiger partial charge in [-0.1, -0.05) is 30.3 Å². The highest BCUT2D eigenvalue weighted by atomic mass is 127. The van der Waals surface area contributed by atoms with Gasteiger partial charge in [0.25, 0.3) is 0 Å². The Morgan fingerprint density at radius 3 is 2.54 bits per heavy atom. The molecule has 2 aromatic rings. The molecule has 28 heavy (non-hydrogen) atoms. The molecule has 0 atom stereocenters. The lowest BCUT2D eigenvalue weighted by Crippen LogP contribution is -2.38. The van der Waals surface area contributed by atoms with Crippen molar-refractivity contribution < 1.29 is 12.8 Å². The number of halogens is 2. The first-order chi connectivity index (χ1) is 13.0. The van der Waals surface area contributed by atoms with Crippen LogP contribution in [0.15, 0.2) is 58.4 Å². The number of rotatable bonds is 8.